The molecule has 6 heteroatoms. The number of rotatable bonds is 7. The molecule has 0 radical (unpaired) electrons. The lowest BCUT2D eigenvalue weighted by atomic mass is 10.0. The van der Waals surface area contributed by atoms with Crippen LogP contribution < -0.4 is 11.1 Å². The van der Waals surface area contributed by atoms with Gasteiger partial charge in [-0.15, -0.1) is 11.3 Å². The van der Waals surface area contributed by atoms with Gasteiger partial charge in [-0.1, -0.05) is 37.2 Å². The number of thiocarbonyl (C=S) groups is 1. The molecule has 1 heterocycles. The summed E-state index contributed by atoms with van der Waals surface area (Å²) in [5, 5.41) is 2.86. The fourth-order valence-electron chi connectivity index (χ4n) is 1.61. The van der Waals surface area contributed by atoms with E-state index in [1.165, 1.54) is 11.3 Å². The SMILES string of the molecule is CCCC(C(=O)NCCc1ccc(Cl)s1)C(N)=S. The van der Waals surface area contributed by atoms with Crippen molar-refractivity contribution in [2.24, 2.45) is 11.7 Å². The van der Waals surface area contributed by atoms with E-state index in [0.29, 0.717) is 13.0 Å². The van der Waals surface area contributed by atoms with Crippen molar-refractivity contribution in [3.63, 3.8) is 0 Å². The normalized spacial score (nSPS) is 12.1. The second-order valence-electron chi connectivity index (χ2n) is 3.99. The van der Waals surface area contributed by atoms with Crippen LogP contribution in [-0.4, -0.2) is 17.4 Å². The molecular weight excluding hydrogens is 288 g/mol. The first-order valence-electron chi connectivity index (χ1n) is 5.85. The van der Waals surface area contributed by atoms with Crippen LogP contribution in [0.1, 0.15) is 24.6 Å². The quantitative estimate of drug-likeness (QED) is 0.762. The molecule has 1 atom stereocenters. The highest BCUT2D eigenvalue weighted by Crippen LogP contribution is 2.21. The number of nitrogens with one attached hydrogen (secondary N) is 1. The largest absolute Gasteiger partial charge is 0.393 e. The molecular formula is C12H17ClN2OS2. The molecule has 0 aliphatic rings. The molecule has 18 heavy (non-hydrogen) atoms. The van der Waals surface area contributed by atoms with E-state index < -0.39 is 0 Å². The topological polar surface area (TPSA) is 55.1 Å². The van der Waals surface area contributed by atoms with Gasteiger partial charge in [0.15, 0.2) is 0 Å². The minimum absolute atomic E-state index is 0.0768. The number of carbonyl (C=O) groups excluding carboxylic acids is 1. The fraction of sp³-hybridized carbons (Fsp3) is 0.500. The first-order chi connectivity index (χ1) is 8.54. The third kappa shape index (κ3) is 4.92. The van der Waals surface area contributed by atoms with Crippen LogP contribution in [0.4, 0.5) is 0 Å². The summed E-state index contributed by atoms with van der Waals surface area (Å²) in [4.78, 5) is 13.3. The van der Waals surface area contributed by atoms with Crippen molar-refractivity contribution in [2.45, 2.75) is 26.2 Å². The Balaban J connectivity index is 2.37. The lowest BCUT2D eigenvalue weighted by molar-refractivity contribution is -0.123. The van der Waals surface area contributed by atoms with E-state index in [-0.39, 0.29) is 16.8 Å². The molecule has 1 aromatic heterocycles. The van der Waals surface area contributed by atoms with E-state index >= 15 is 0 Å². The molecule has 1 aromatic rings. The van der Waals surface area contributed by atoms with E-state index in [9.17, 15) is 4.79 Å². The minimum atomic E-state index is -0.350. The third-order valence-corrected chi connectivity index (χ3v) is 4.11. The molecule has 3 N–H and O–H groups in total. The Bertz CT molecular complexity index is 420. The number of carbonyl (C=O) groups is 1. The van der Waals surface area contributed by atoms with Crippen LogP contribution in [0.3, 0.4) is 0 Å². The van der Waals surface area contributed by atoms with Gasteiger partial charge in [0.2, 0.25) is 5.91 Å². The Hall–Kier alpha value is -0.650. The Morgan fingerprint density at radius 1 is 1.61 bits per heavy atom. The maximum absolute atomic E-state index is 11.9. The summed E-state index contributed by atoms with van der Waals surface area (Å²) in [6.07, 6.45) is 2.36. The van der Waals surface area contributed by atoms with Gasteiger partial charge >= 0.3 is 0 Å². The van der Waals surface area contributed by atoms with Crippen molar-refractivity contribution in [3.05, 3.63) is 21.3 Å². The standard InChI is InChI=1S/C12H17ClN2OS2/c1-2-3-9(11(14)17)12(16)15-7-6-8-4-5-10(13)18-8/h4-5,9H,2-3,6-7H2,1H3,(H2,14,17)(H,15,16). The second kappa shape index (κ2) is 7.71. The van der Waals surface area contributed by atoms with Crippen LogP contribution in [0, 0.1) is 5.92 Å². The number of hydrogen-bond acceptors (Lipinski definition) is 3. The summed E-state index contributed by atoms with van der Waals surface area (Å²) < 4.78 is 0.767. The smallest absolute Gasteiger partial charge is 0.229 e. The van der Waals surface area contributed by atoms with Crippen LogP contribution in [-0.2, 0) is 11.2 Å². The summed E-state index contributed by atoms with van der Waals surface area (Å²) in [6.45, 7) is 2.59. The Morgan fingerprint density at radius 3 is 2.83 bits per heavy atom. The Morgan fingerprint density at radius 2 is 2.33 bits per heavy atom. The average molecular weight is 305 g/mol. The van der Waals surface area contributed by atoms with Gasteiger partial charge < -0.3 is 11.1 Å². The highest BCUT2D eigenvalue weighted by molar-refractivity contribution is 7.80. The van der Waals surface area contributed by atoms with Gasteiger partial charge in [-0.2, -0.15) is 0 Å². The summed E-state index contributed by atoms with van der Waals surface area (Å²) in [7, 11) is 0. The van der Waals surface area contributed by atoms with E-state index in [1.54, 1.807) is 0 Å². The highest BCUT2D eigenvalue weighted by Gasteiger charge is 2.19. The molecule has 0 aliphatic carbocycles. The van der Waals surface area contributed by atoms with Crippen molar-refractivity contribution >= 4 is 46.1 Å². The predicted molar refractivity (Wildman–Crippen MR) is 81.2 cm³/mol. The molecule has 0 fully saturated rings. The summed E-state index contributed by atoms with van der Waals surface area (Å²) >= 11 is 12.3. The number of halogens is 1. The molecule has 0 aliphatic heterocycles. The fourth-order valence-corrected chi connectivity index (χ4v) is 2.92. The van der Waals surface area contributed by atoms with E-state index in [0.717, 1.165) is 22.1 Å². The lowest BCUT2D eigenvalue weighted by Gasteiger charge is -2.14. The van der Waals surface area contributed by atoms with Gasteiger partial charge in [0.1, 0.15) is 0 Å². The molecule has 0 saturated heterocycles. The molecule has 0 saturated carbocycles. The summed E-state index contributed by atoms with van der Waals surface area (Å²) in [6, 6.07) is 3.83. The Kier molecular flexibility index (Phi) is 6.60. The molecule has 0 aromatic carbocycles. The molecule has 0 spiro atoms. The number of hydrogen-bond donors (Lipinski definition) is 2. The van der Waals surface area contributed by atoms with Gasteiger partial charge in [0, 0.05) is 11.4 Å². The van der Waals surface area contributed by atoms with Crippen molar-refractivity contribution in [1.29, 1.82) is 0 Å². The zero-order valence-corrected chi connectivity index (χ0v) is 12.6. The number of amides is 1. The van der Waals surface area contributed by atoms with Crippen molar-refractivity contribution < 1.29 is 4.79 Å². The van der Waals surface area contributed by atoms with Gasteiger partial charge in [0.25, 0.3) is 0 Å². The zero-order valence-electron chi connectivity index (χ0n) is 10.2. The van der Waals surface area contributed by atoms with E-state index in [1.807, 2.05) is 19.1 Å². The second-order valence-corrected chi connectivity index (χ2v) is 6.26. The minimum Gasteiger partial charge on any atom is -0.393 e. The van der Waals surface area contributed by atoms with Crippen LogP contribution >= 0.6 is 35.2 Å². The molecule has 1 amide bonds. The first-order valence-corrected chi connectivity index (χ1v) is 7.46. The summed E-state index contributed by atoms with van der Waals surface area (Å²) in [5.74, 6) is -0.427. The molecule has 0 bridgehead atoms. The maximum Gasteiger partial charge on any atom is 0.229 e. The third-order valence-electron chi connectivity index (χ3n) is 2.54. The van der Waals surface area contributed by atoms with Crippen molar-refractivity contribution in [1.82, 2.24) is 5.32 Å². The zero-order chi connectivity index (χ0) is 13.5. The van der Waals surface area contributed by atoms with Crippen LogP contribution in [0.5, 0.6) is 0 Å². The van der Waals surface area contributed by atoms with Crippen LogP contribution in [0.15, 0.2) is 12.1 Å². The van der Waals surface area contributed by atoms with Crippen molar-refractivity contribution in [3.8, 4) is 0 Å². The monoisotopic (exact) mass is 304 g/mol. The highest BCUT2D eigenvalue weighted by atomic mass is 35.5. The summed E-state index contributed by atoms with van der Waals surface area (Å²) in [5.41, 5.74) is 5.57. The van der Waals surface area contributed by atoms with E-state index in [2.05, 4.69) is 5.32 Å². The van der Waals surface area contributed by atoms with Crippen LogP contribution in [0.2, 0.25) is 4.34 Å². The van der Waals surface area contributed by atoms with Gasteiger partial charge in [-0.05, 0) is 25.0 Å². The lowest BCUT2D eigenvalue weighted by Crippen LogP contribution is -2.38. The molecule has 3 nitrogen and oxygen atoms in total. The first kappa shape index (κ1) is 15.4. The maximum atomic E-state index is 11.9. The van der Waals surface area contributed by atoms with Crippen LogP contribution in [0.25, 0.3) is 0 Å². The molecule has 1 rings (SSSR count). The predicted octanol–water partition coefficient (Wildman–Crippen LogP) is 2.76. The van der Waals surface area contributed by atoms with Gasteiger partial charge in [-0.25, -0.2) is 0 Å². The molecule has 1 unspecified atom stereocenters. The Labute approximate surface area is 122 Å². The van der Waals surface area contributed by atoms with E-state index in [4.69, 9.17) is 29.6 Å². The average Bonchev–Trinajstić information content (AvgIpc) is 2.71. The van der Waals surface area contributed by atoms with Gasteiger partial charge in [-0.3, -0.25) is 4.79 Å². The van der Waals surface area contributed by atoms with Gasteiger partial charge in [0.05, 0.1) is 15.2 Å². The number of thiophene rings is 1. The number of nitrogens with two attached hydrogens (primary N) is 1. The van der Waals surface area contributed by atoms with Crippen molar-refractivity contribution in [2.75, 3.05) is 6.54 Å². The molecule has 100 valence electrons.